The maximum atomic E-state index is 11.3. The number of carbonyl (C=O) groups is 1. The van der Waals surface area contributed by atoms with E-state index in [0.29, 0.717) is 22.9 Å². The molecule has 0 radical (unpaired) electrons. The fourth-order valence-electron chi connectivity index (χ4n) is 1.51. The molecule has 0 N–H and O–H groups in total. The summed E-state index contributed by atoms with van der Waals surface area (Å²) >= 11 is 6.02. The Bertz CT molecular complexity index is 557. The Balaban J connectivity index is 2.02. The summed E-state index contributed by atoms with van der Waals surface area (Å²) in [6, 6.07) is 3.42. The summed E-state index contributed by atoms with van der Waals surface area (Å²) in [5.41, 5.74) is 0.725. The van der Waals surface area contributed by atoms with Crippen LogP contribution < -0.4 is 9.47 Å². The Hall–Kier alpha value is -2.12. The first-order valence-corrected chi connectivity index (χ1v) is 5.96. The van der Waals surface area contributed by atoms with Gasteiger partial charge in [-0.3, -0.25) is 0 Å². The molecule has 1 aliphatic rings. The van der Waals surface area contributed by atoms with Crippen molar-refractivity contribution >= 4 is 23.6 Å². The molecule has 0 saturated carbocycles. The molecular formula is C14H11ClO4. The molecule has 0 unspecified atom stereocenters. The SMILES string of the molecule is C#CCCOC(=O)/C=C/c1cc(Cl)c2c(c1)OCO2. The summed E-state index contributed by atoms with van der Waals surface area (Å²) in [6.07, 6.45) is 8.35. The zero-order chi connectivity index (χ0) is 13.7. The number of hydrogen-bond acceptors (Lipinski definition) is 4. The van der Waals surface area contributed by atoms with Gasteiger partial charge in [0.25, 0.3) is 0 Å². The molecule has 0 spiro atoms. The van der Waals surface area contributed by atoms with Gasteiger partial charge in [0.15, 0.2) is 11.5 Å². The molecule has 1 aromatic carbocycles. The first-order chi connectivity index (χ1) is 9.20. The number of carbonyl (C=O) groups excluding carboxylic acids is 1. The Labute approximate surface area is 115 Å². The third-order valence-electron chi connectivity index (χ3n) is 2.35. The van der Waals surface area contributed by atoms with Crippen LogP contribution >= 0.6 is 11.6 Å². The first kappa shape index (κ1) is 13.3. The van der Waals surface area contributed by atoms with Crippen molar-refractivity contribution in [2.24, 2.45) is 0 Å². The predicted molar refractivity (Wildman–Crippen MR) is 71.0 cm³/mol. The van der Waals surface area contributed by atoms with Crippen LogP contribution in [0.25, 0.3) is 6.08 Å². The standard InChI is InChI=1S/C14H11ClO4/c1-2-3-6-17-13(16)5-4-10-7-11(15)14-12(8-10)18-9-19-14/h1,4-5,7-8H,3,6,9H2/b5-4+. The molecule has 0 bridgehead atoms. The summed E-state index contributed by atoms with van der Waals surface area (Å²) in [6.45, 7) is 0.359. The Morgan fingerprint density at radius 2 is 2.37 bits per heavy atom. The number of halogens is 1. The molecule has 1 aromatic rings. The van der Waals surface area contributed by atoms with Crippen LogP contribution in [0.2, 0.25) is 5.02 Å². The molecule has 0 aromatic heterocycles. The van der Waals surface area contributed by atoms with Crippen molar-refractivity contribution in [1.82, 2.24) is 0 Å². The van der Waals surface area contributed by atoms with Crippen LogP contribution in [0.3, 0.4) is 0 Å². The van der Waals surface area contributed by atoms with Gasteiger partial charge in [-0.05, 0) is 23.8 Å². The molecule has 0 fully saturated rings. The third kappa shape index (κ3) is 3.43. The van der Waals surface area contributed by atoms with E-state index in [1.807, 2.05) is 0 Å². The van der Waals surface area contributed by atoms with Gasteiger partial charge < -0.3 is 14.2 Å². The molecule has 1 heterocycles. The van der Waals surface area contributed by atoms with E-state index in [1.165, 1.54) is 6.08 Å². The van der Waals surface area contributed by atoms with E-state index < -0.39 is 5.97 Å². The van der Waals surface area contributed by atoms with Gasteiger partial charge in [0.2, 0.25) is 6.79 Å². The van der Waals surface area contributed by atoms with Crippen molar-refractivity contribution in [3.05, 3.63) is 28.8 Å². The largest absolute Gasteiger partial charge is 0.462 e. The van der Waals surface area contributed by atoms with E-state index in [-0.39, 0.29) is 13.4 Å². The fraction of sp³-hybridized carbons (Fsp3) is 0.214. The summed E-state index contributed by atoms with van der Waals surface area (Å²) in [7, 11) is 0. The quantitative estimate of drug-likeness (QED) is 0.368. The molecule has 1 aliphatic heterocycles. The zero-order valence-electron chi connectivity index (χ0n) is 10.0. The molecular weight excluding hydrogens is 268 g/mol. The van der Waals surface area contributed by atoms with Crippen molar-refractivity contribution in [1.29, 1.82) is 0 Å². The van der Waals surface area contributed by atoms with Crippen molar-refractivity contribution in [2.75, 3.05) is 13.4 Å². The number of benzene rings is 1. The van der Waals surface area contributed by atoms with Gasteiger partial charge in [0.05, 0.1) is 5.02 Å². The topological polar surface area (TPSA) is 44.8 Å². The van der Waals surface area contributed by atoms with Crippen LogP contribution in [0, 0.1) is 12.3 Å². The lowest BCUT2D eigenvalue weighted by Crippen LogP contribution is -2.01. The number of terminal acetylenes is 1. The maximum Gasteiger partial charge on any atom is 0.330 e. The Morgan fingerprint density at radius 3 is 3.16 bits per heavy atom. The smallest absolute Gasteiger partial charge is 0.330 e. The lowest BCUT2D eigenvalue weighted by atomic mass is 10.2. The van der Waals surface area contributed by atoms with E-state index in [2.05, 4.69) is 5.92 Å². The maximum absolute atomic E-state index is 11.3. The first-order valence-electron chi connectivity index (χ1n) is 5.58. The van der Waals surface area contributed by atoms with Crippen LogP contribution in [-0.2, 0) is 9.53 Å². The van der Waals surface area contributed by atoms with Crippen molar-refractivity contribution in [2.45, 2.75) is 6.42 Å². The normalized spacial score (nSPS) is 12.4. The van der Waals surface area contributed by atoms with Gasteiger partial charge >= 0.3 is 5.97 Å². The van der Waals surface area contributed by atoms with Gasteiger partial charge in [-0.15, -0.1) is 12.3 Å². The highest BCUT2D eigenvalue weighted by atomic mass is 35.5. The lowest BCUT2D eigenvalue weighted by molar-refractivity contribution is -0.137. The van der Waals surface area contributed by atoms with Crippen molar-refractivity contribution in [3.8, 4) is 23.8 Å². The lowest BCUT2D eigenvalue weighted by Gasteiger charge is -2.01. The summed E-state index contributed by atoms with van der Waals surface area (Å²) in [5.74, 6) is 3.02. The van der Waals surface area contributed by atoms with Crippen LogP contribution in [0.5, 0.6) is 11.5 Å². The highest BCUT2D eigenvalue weighted by Gasteiger charge is 2.17. The summed E-state index contributed by atoms with van der Waals surface area (Å²) < 4.78 is 15.3. The summed E-state index contributed by atoms with van der Waals surface area (Å²) in [4.78, 5) is 11.3. The predicted octanol–water partition coefficient (Wildman–Crippen LogP) is 2.65. The average molecular weight is 279 g/mol. The van der Waals surface area contributed by atoms with E-state index in [9.17, 15) is 4.79 Å². The molecule has 0 aliphatic carbocycles. The number of hydrogen-bond donors (Lipinski definition) is 0. The van der Waals surface area contributed by atoms with Crippen LogP contribution in [0.1, 0.15) is 12.0 Å². The number of esters is 1. The Kier molecular flexibility index (Phi) is 4.32. The second-order valence-corrected chi connectivity index (χ2v) is 4.10. The Morgan fingerprint density at radius 1 is 1.53 bits per heavy atom. The summed E-state index contributed by atoms with van der Waals surface area (Å²) in [5, 5.41) is 0.440. The van der Waals surface area contributed by atoms with E-state index in [1.54, 1.807) is 18.2 Å². The minimum Gasteiger partial charge on any atom is -0.462 e. The highest BCUT2D eigenvalue weighted by Crippen LogP contribution is 2.39. The number of rotatable bonds is 4. The molecule has 0 amide bonds. The van der Waals surface area contributed by atoms with Crippen molar-refractivity contribution in [3.63, 3.8) is 0 Å². The van der Waals surface area contributed by atoms with Crippen molar-refractivity contribution < 1.29 is 19.0 Å². The average Bonchev–Trinajstić information content (AvgIpc) is 2.85. The van der Waals surface area contributed by atoms with Crippen LogP contribution in [0.4, 0.5) is 0 Å². The monoisotopic (exact) mass is 278 g/mol. The number of ether oxygens (including phenoxy) is 3. The van der Waals surface area contributed by atoms with Crippen LogP contribution in [-0.4, -0.2) is 19.4 Å². The minimum atomic E-state index is -0.455. The van der Waals surface area contributed by atoms with E-state index >= 15 is 0 Å². The molecule has 4 nitrogen and oxygen atoms in total. The fourth-order valence-corrected chi connectivity index (χ4v) is 1.78. The minimum absolute atomic E-state index is 0.149. The second kappa shape index (κ2) is 6.17. The molecule has 5 heteroatoms. The van der Waals surface area contributed by atoms with E-state index in [0.717, 1.165) is 5.56 Å². The molecule has 98 valence electrons. The van der Waals surface area contributed by atoms with E-state index in [4.69, 9.17) is 32.2 Å². The molecule has 19 heavy (non-hydrogen) atoms. The molecule has 0 saturated heterocycles. The molecule has 2 rings (SSSR count). The van der Waals surface area contributed by atoms with Crippen LogP contribution in [0.15, 0.2) is 18.2 Å². The zero-order valence-corrected chi connectivity index (χ0v) is 10.8. The number of fused-ring (bicyclic) bond motifs is 1. The third-order valence-corrected chi connectivity index (χ3v) is 2.63. The highest BCUT2D eigenvalue weighted by molar-refractivity contribution is 6.32. The van der Waals surface area contributed by atoms with Gasteiger partial charge in [-0.1, -0.05) is 11.6 Å². The molecule has 0 atom stereocenters. The second-order valence-electron chi connectivity index (χ2n) is 3.69. The van der Waals surface area contributed by atoms with Gasteiger partial charge in [0, 0.05) is 12.5 Å². The van der Waals surface area contributed by atoms with Gasteiger partial charge in [-0.25, -0.2) is 4.79 Å². The van der Waals surface area contributed by atoms with Gasteiger partial charge in [-0.2, -0.15) is 0 Å². The van der Waals surface area contributed by atoms with Gasteiger partial charge in [0.1, 0.15) is 6.61 Å².